The van der Waals surface area contributed by atoms with Crippen LogP contribution in [0.4, 0.5) is 0 Å². The Morgan fingerprint density at radius 1 is 1.67 bits per heavy atom. The van der Waals surface area contributed by atoms with E-state index in [2.05, 4.69) is 33.8 Å². The summed E-state index contributed by atoms with van der Waals surface area (Å²) >= 11 is 11.3. The summed E-state index contributed by atoms with van der Waals surface area (Å²) in [5.74, 6) is 0.826. The lowest BCUT2D eigenvalue weighted by Crippen LogP contribution is -2.40. The van der Waals surface area contributed by atoms with Gasteiger partial charge in [0.15, 0.2) is 0 Å². The van der Waals surface area contributed by atoms with Gasteiger partial charge in [0.25, 0.3) is 0 Å². The van der Waals surface area contributed by atoms with Gasteiger partial charge >= 0.3 is 0 Å². The van der Waals surface area contributed by atoms with Gasteiger partial charge < -0.3 is 5.73 Å². The topological polar surface area (TPSA) is 29.3 Å². The van der Waals surface area contributed by atoms with Crippen molar-refractivity contribution in [2.45, 2.75) is 32.2 Å². The molecule has 1 saturated heterocycles. The highest BCUT2D eigenvalue weighted by Gasteiger charge is 2.26. The van der Waals surface area contributed by atoms with Gasteiger partial charge in [0.1, 0.15) is 4.34 Å². The Morgan fingerprint density at radius 2 is 2.44 bits per heavy atom. The van der Waals surface area contributed by atoms with Crippen molar-refractivity contribution in [1.29, 1.82) is 0 Å². The highest BCUT2D eigenvalue weighted by atomic mass is 79.9. The Kier molecular flexibility index (Phi) is 5.51. The van der Waals surface area contributed by atoms with Crippen LogP contribution in [0.25, 0.3) is 0 Å². The SMILES string of the molecule is CCC1CCCN(C(CN)c2cc(Br)c(Cl)s2)C1. The second kappa shape index (κ2) is 6.71. The zero-order chi connectivity index (χ0) is 13.1. The van der Waals surface area contributed by atoms with Crippen molar-refractivity contribution in [1.82, 2.24) is 4.90 Å². The average molecular weight is 352 g/mol. The molecule has 0 spiro atoms. The van der Waals surface area contributed by atoms with Crippen LogP contribution < -0.4 is 5.73 Å². The predicted octanol–water partition coefficient (Wildman–Crippen LogP) is 4.29. The molecule has 2 N–H and O–H groups in total. The Bertz CT molecular complexity index is 377. The summed E-state index contributed by atoms with van der Waals surface area (Å²) in [6, 6.07) is 2.45. The van der Waals surface area contributed by atoms with Crippen molar-refractivity contribution in [2.24, 2.45) is 11.7 Å². The highest BCUT2D eigenvalue weighted by Crippen LogP contribution is 2.38. The number of halogens is 2. The normalized spacial score (nSPS) is 23.2. The minimum absolute atomic E-state index is 0.327. The van der Waals surface area contributed by atoms with Crippen LogP contribution in [0, 0.1) is 5.92 Å². The molecular weight excluding hydrogens is 332 g/mol. The number of hydrogen-bond acceptors (Lipinski definition) is 3. The van der Waals surface area contributed by atoms with Crippen LogP contribution in [-0.4, -0.2) is 24.5 Å². The van der Waals surface area contributed by atoms with Crippen molar-refractivity contribution < 1.29 is 0 Å². The van der Waals surface area contributed by atoms with Gasteiger partial charge in [-0.15, -0.1) is 11.3 Å². The first kappa shape index (κ1) is 14.8. The molecule has 0 bridgehead atoms. The van der Waals surface area contributed by atoms with Gasteiger partial charge in [-0.2, -0.15) is 0 Å². The van der Waals surface area contributed by atoms with Crippen LogP contribution in [0.5, 0.6) is 0 Å². The molecule has 18 heavy (non-hydrogen) atoms. The van der Waals surface area contributed by atoms with E-state index >= 15 is 0 Å². The van der Waals surface area contributed by atoms with E-state index in [1.54, 1.807) is 11.3 Å². The quantitative estimate of drug-likeness (QED) is 0.877. The molecule has 1 aliphatic rings. The number of rotatable bonds is 4. The summed E-state index contributed by atoms with van der Waals surface area (Å²) in [5.41, 5.74) is 5.99. The van der Waals surface area contributed by atoms with Crippen molar-refractivity contribution in [3.05, 3.63) is 19.8 Å². The van der Waals surface area contributed by atoms with Crippen molar-refractivity contribution in [3.8, 4) is 0 Å². The second-order valence-corrected chi connectivity index (χ2v) is 7.47. The molecule has 1 aliphatic heterocycles. The highest BCUT2D eigenvalue weighted by molar-refractivity contribution is 9.10. The van der Waals surface area contributed by atoms with E-state index in [0.717, 1.165) is 21.3 Å². The van der Waals surface area contributed by atoms with Gasteiger partial charge in [0.2, 0.25) is 0 Å². The minimum Gasteiger partial charge on any atom is -0.329 e. The first-order valence-corrected chi connectivity index (χ1v) is 8.53. The van der Waals surface area contributed by atoms with E-state index in [1.165, 1.54) is 30.7 Å². The average Bonchev–Trinajstić information content (AvgIpc) is 2.70. The Labute approximate surface area is 127 Å². The van der Waals surface area contributed by atoms with Gasteiger partial charge in [0, 0.05) is 22.4 Å². The fraction of sp³-hybridized carbons (Fsp3) is 0.692. The molecule has 0 aliphatic carbocycles. The van der Waals surface area contributed by atoms with E-state index in [0.29, 0.717) is 12.6 Å². The molecule has 0 amide bonds. The van der Waals surface area contributed by atoms with Crippen LogP contribution in [0.15, 0.2) is 10.5 Å². The third-order valence-corrected chi connectivity index (χ3v) is 6.36. The number of nitrogens with zero attached hydrogens (tertiary/aromatic N) is 1. The minimum atomic E-state index is 0.327. The summed E-state index contributed by atoms with van der Waals surface area (Å²) in [4.78, 5) is 3.82. The summed E-state index contributed by atoms with van der Waals surface area (Å²) in [5, 5.41) is 0. The molecule has 2 rings (SSSR count). The Balaban J connectivity index is 2.12. The van der Waals surface area contributed by atoms with Crippen LogP contribution in [0.1, 0.15) is 37.1 Å². The molecule has 1 fully saturated rings. The maximum absolute atomic E-state index is 6.14. The van der Waals surface area contributed by atoms with Gasteiger partial charge in [-0.25, -0.2) is 0 Å². The van der Waals surface area contributed by atoms with E-state index in [9.17, 15) is 0 Å². The lowest BCUT2D eigenvalue weighted by atomic mass is 9.94. The van der Waals surface area contributed by atoms with Crippen LogP contribution in [-0.2, 0) is 0 Å². The van der Waals surface area contributed by atoms with Crippen LogP contribution >= 0.6 is 38.9 Å². The van der Waals surface area contributed by atoms with Crippen molar-refractivity contribution in [3.63, 3.8) is 0 Å². The predicted molar refractivity (Wildman–Crippen MR) is 83.4 cm³/mol. The number of thiophene rings is 1. The maximum Gasteiger partial charge on any atom is 0.107 e. The largest absolute Gasteiger partial charge is 0.329 e. The number of piperidine rings is 1. The van der Waals surface area contributed by atoms with E-state index in [1.807, 2.05) is 0 Å². The molecular formula is C13H20BrClN2S. The molecule has 0 aromatic carbocycles. The van der Waals surface area contributed by atoms with E-state index in [4.69, 9.17) is 17.3 Å². The van der Waals surface area contributed by atoms with Gasteiger partial charge in [-0.05, 0) is 47.3 Å². The number of hydrogen-bond donors (Lipinski definition) is 1. The first-order chi connectivity index (χ1) is 8.65. The molecule has 5 heteroatoms. The Hall–Kier alpha value is 0.390. The first-order valence-electron chi connectivity index (χ1n) is 6.54. The number of likely N-dealkylation sites (tertiary alicyclic amines) is 1. The second-order valence-electron chi connectivity index (χ2n) is 4.93. The van der Waals surface area contributed by atoms with Crippen molar-refractivity contribution >= 4 is 38.9 Å². The molecule has 2 heterocycles. The number of nitrogens with two attached hydrogens (primary N) is 1. The summed E-state index contributed by atoms with van der Waals surface area (Å²) < 4.78 is 1.82. The van der Waals surface area contributed by atoms with Gasteiger partial charge in [-0.3, -0.25) is 4.90 Å². The third-order valence-electron chi connectivity index (χ3n) is 3.78. The smallest absolute Gasteiger partial charge is 0.107 e. The third kappa shape index (κ3) is 3.28. The van der Waals surface area contributed by atoms with Crippen molar-refractivity contribution in [2.75, 3.05) is 19.6 Å². The lowest BCUT2D eigenvalue weighted by molar-refractivity contribution is 0.126. The molecule has 2 atom stereocenters. The standard InChI is InChI=1S/C13H20BrClN2S/c1-2-9-4-3-5-17(8-9)11(7-16)12-6-10(14)13(15)18-12/h6,9,11H,2-5,7-8,16H2,1H3. The fourth-order valence-corrected chi connectivity index (χ4v) is 4.57. The van der Waals surface area contributed by atoms with Gasteiger partial charge in [0.05, 0.1) is 6.04 Å². The molecule has 1 aromatic rings. The lowest BCUT2D eigenvalue weighted by Gasteiger charge is -2.37. The monoisotopic (exact) mass is 350 g/mol. The fourth-order valence-electron chi connectivity index (χ4n) is 2.69. The molecule has 0 radical (unpaired) electrons. The molecule has 0 saturated carbocycles. The molecule has 1 aromatic heterocycles. The molecule has 2 unspecified atom stereocenters. The van der Waals surface area contributed by atoms with E-state index in [-0.39, 0.29) is 0 Å². The summed E-state index contributed by atoms with van der Waals surface area (Å²) in [6.45, 7) is 5.28. The zero-order valence-corrected chi connectivity index (χ0v) is 13.8. The van der Waals surface area contributed by atoms with Crippen LogP contribution in [0.2, 0.25) is 4.34 Å². The maximum atomic E-state index is 6.14. The molecule has 102 valence electrons. The summed E-state index contributed by atoms with van der Waals surface area (Å²) in [7, 11) is 0. The van der Waals surface area contributed by atoms with Crippen LogP contribution in [0.3, 0.4) is 0 Å². The zero-order valence-electron chi connectivity index (χ0n) is 10.7. The van der Waals surface area contributed by atoms with E-state index < -0.39 is 0 Å². The molecule has 2 nitrogen and oxygen atoms in total. The Morgan fingerprint density at radius 3 is 3.00 bits per heavy atom. The summed E-state index contributed by atoms with van der Waals surface area (Å²) in [6.07, 6.45) is 3.91. The van der Waals surface area contributed by atoms with Gasteiger partial charge in [-0.1, -0.05) is 24.9 Å².